The van der Waals surface area contributed by atoms with E-state index >= 15 is 0 Å². The van der Waals surface area contributed by atoms with E-state index < -0.39 is 0 Å². The first-order chi connectivity index (χ1) is 13.2. The Kier molecular flexibility index (Phi) is 7.85. The fraction of sp³-hybridized carbons (Fsp3) is 0.682. The standard InChI is InChI=1S/C22H34N4O.HI/c1-2-23-22(25-17-11-13-26(14-12-17)18-8-9-18)24-15-20-19-6-4-3-5-16(19)7-10-21(20)27;/h7,10,17-18,27H,2-6,8-9,11-15H2,1H3,(H2,23,24,25);1H. The molecule has 28 heavy (non-hydrogen) atoms. The number of nitrogens with one attached hydrogen (secondary N) is 2. The van der Waals surface area contributed by atoms with Crippen molar-refractivity contribution in [2.24, 2.45) is 4.99 Å². The second-order valence-electron chi connectivity index (χ2n) is 8.29. The van der Waals surface area contributed by atoms with Gasteiger partial charge in [-0.1, -0.05) is 6.07 Å². The van der Waals surface area contributed by atoms with Crippen LogP contribution in [0.1, 0.15) is 62.1 Å². The van der Waals surface area contributed by atoms with Crippen molar-refractivity contribution < 1.29 is 5.11 Å². The quantitative estimate of drug-likeness (QED) is 0.330. The van der Waals surface area contributed by atoms with Crippen molar-refractivity contribution in [3.63, 3.8) is 0 Å². The molecule has 2 fully saturated rings. The van der Waals surface area contributed by atoms with E-state index in [1.807, 2.05) is 6.07 Å². The van der Waals surface area contributed by atoms with Gasteiger partial charge in [0.15, 0.2) is 5.96 Å². The molecule has 6 heteroatoms. The molecule has 0 unspecified atom stereocenters. The van der Waals surface area contributed by atoms with Gasteiger partial charge < -0.3 is 20.6 Å². The van der Waals surface area contributed by atoms with Crippen LogP contribution < -0.4 is 10.6 Å². The fourth-order valence-electron chi connectivity index (χ4n) is 4.59. The molecular formula is C22H35IN4O. The largest absolute Gasteiger partial charge is 0.508 e. The number of phenols is 1. The van der Waals surface area contributed by atoms with E-state index in [1.165, 1.54) is 62.7 Å². The summed E-state index contributed by atoms with van der Waals surface area (Å²) in [5.41, 5.74) is 3.75. The SMILES string of the molecule is CCNC(=NCc1c(O)ccc2c1CCCC2)NC1CCN(C2CC2)CC1.I. The fourth-order valence-corrected chi connectivity index (χ4v) is 4.59. The number of fused-ring (bicyclic) bond motifs is 1. The second-order valence-corrected chi connectivity index (χ2v) is 8.29. The third-order valence-electron chi connectivity index (χ3n) is 6.30. The number of nitrogens with zero attached hydrogens (tertiary/aromatic N) is 2. The minimum atomic E-state index is 0. The predicted octanol–water partition coefficient (Wildman–Crippen LogP) is 3.57. The summed E-state index contributed by atoms with van der Waals surface area (Å²) in [6, 6.07) is 5.31. The lowest BCUT2D eigenvalue weighted by molar-refractivity contribution is 0.197. The first-order valence-electron chi connectivity index (χ1n) is 10.9. The highest BCUT2D eigenvalue weighted by Crippen LogP contribution is 2.31. The van der Waals surface area contributed by atoms with E-state index in [9.17, 15) is 5.11 Å². The summed E-state index contributed by atoms with van der Waals surface area (Å²) in [4.78, 5) is 7.48. The van der Waals surface area contributed by atoms with Crippen LogP contribution in [0.2, 0.25) is 0 Å². The molecule has 156 valence electrons. The summed E-state index contributed by atoms with van der Waals surface area (Å²) >= 11 is 0. The molecule has 1 saturated heterocycles. The second kappa shape index (κ2) is 10.1. The molecule has 0 radical (unpaired) electrons. The van der Waals surface area contributed by atoms with Gasteiger partial charge in [-0.2, -0.15) is 0 Å². The first-order valence-corrected chi connectivity index (χ1v) is 10.9. The van der Waals surface area contributed by atoms with Gasteiger partial charge in [-0.3, -0.25) is 0 Å². The lowest BCUT2D eigenvalue weighted by Gasteiger charge is -2.33. The molecule has 5 nitrogen and oxygen atoms in total. The van der Waals surface area contributed by atoms with E-state index in [-0.39, 0.29) is 24.0 Å². The Balaban J connectivity index is 0.00000225. The molecular weight excluding hydrogens is 463 g/mol. The van der Waals surface area contributed by atoms with Gasteiger partial charge in [-0.25, -0.2) is 4.99 Å². The Morgan fingerprint density at radius 2 is 1.89 bits per heavy atom. The Labute approximate surface area is 186 Å². The summed E-state index contributed by atoms with van der Waals surface area (Å²) < 4.78 is 0. The highest BCUT2D eigenvalue weighted by molar-refractivity contribution is 14.0. The summed E-state index contributed by atoms with van der Waals surface area (Å²) in [5.74, 6) is 1.28. The molecule has 0 atom stereocenters. The third-order valence-corrected chi connectivity index (χ3v) is 6.30. The van der Waals surface area contributed by atoms with Crippen LogP contribution in [-0.4, -0.2) is 47.7 Å². The van der Waals surface area contributed by atoms with Gasteiger partial charge in [-0.05, 0) is 75.5 Å². The van der Waals surface area contributed by atoms with Gasteiger partial charge in [0.05, 0.1) is 6.54 Å². The maximum atomic E-state index is 10.4. The number of guanidine groups is 1. The van der Waals surface area contributed by atoms with Crippen LogP contribution in [0.5, 0.6) is 5.75 Å². The summed E-state index contributed by atoms with van der Waals surface area (Å²) in [6.45, 7) is 5.91. The Morgan fingerprint density at radius 1 is 1.14 bits per heavy atom. The van der Waals surface area contributed by atoms with Crippen molar-refractivity contribution >= 4 is 29.9 Å². The predicted molar refractivity (Wildman–Crippen MR) is 126 cm³/mol. The van der Waals surface area contributed by atoms with E-state index in [0.29, 0.717) is 18.3 Å². The van der Waals surface area contributed by atoms with Gasteiger partial charge in [0.2, 0.25) is 0 Å². The highest BCUT2D eigenvalue weighted by Gasteiger charge is 2.31. The zero-order chi connectivity index (χ0) is 18.6. The van der Waals surface area contributed by atoms with Crippen molar-refractivity contribution in [2.45, 2.75) is 76.9 Å². The normalized spacial score (nSPS) is 21.0. The summed E-state index contributed by atoms with van der Waals surface area (Å²) in [6.07, 6.45) is 9.83. The number of hydrogen-bond donors (Lipinski definition) is 3. The van der Waals surface area contributed by atoms with Crippen LogP contribution >= 0.6 is 24.0 Å². The smallest absolute Gasteiger partial charge is 0.191 e. The molecule has 1 aliphatic heterocycles. The minimum Gasteiger partial charge on any atom is -0.508 e. The average molecular weight is 498 g/mol. The van der Waals surface area contributed by atoms with E-state index in [4.69, 9.17) is 4.99 Å². The molecule has 0 bridgehead atoms. The van der Waals surface area contributed by atoms with Crippen molar-refractivity contribution in [1.82, 2.24) is 15.5 Å². The summed E-state index contributed by atoms with van der Waals surface area (Å²) in [7, 11) is 0. The topological polar surface area (TPSA) is 59.9 Å². The summed E-state index contributed by atoms with van der Waals surface area (Å²) in [5, 5.41) is 17.4. The number of aromatic hydroxyl groups is 1. The number of likely N-dealkylation sites (tertiary alicyclic amines) is 1. The van der Waals surface area contributed by atoms with E-state index in [2.05, 4.69) is 28.5 Å². The first kappa shape index (κ1) is 21.7. The molecule has 1 saturated carbocycles. The van der Waals surface area contributed by atoms with Crippen molar-refractivity contribution in [3.8, 4) is 5.75 Å². The maximum Gasteiger partial charge on any atom is 0.191 e. The Hall–Kier alpha value is -1.02. The van der Waals surface area contributed by atoms with Crippen LogP contribution in [0.4, 0.5) is 0 Å². The van der Waals surface area contributed by atoms with Gasteiger partial charge in [0.1, 0.15) is 5.75 Å². The van der Waals surface area contributed by atoms with Crippen LogP contribution in [0.25, 0.3) is 0 Å². The van der Waals surface area contributed by atoms with Crippen molar-refractivity contribution in [3.05, 3.63) is 28.8 Å². The molecule has 3 N–H and O–H groups in total. The van der Waals surface area contributed by atoms with Crippen LogP contribution in [-0.2, 0) is 19.4 Å². The Bertz CT molecular complexity index is 681. The van der Waals surface area contributed by atoms with Gasteiger partial charge in [0, 0.05) is 37.3 Å². The number of piperidine rings is 1. The number of aryl methyl sites for hydroxylation is 1. The zero-order valence-corrected chi connectivity index (χ0v) is 19.4. The monoisotopic (exact) mass is 498 g/mol. The van der Waals surface area contributed by atoms with E-state index in [1.54, 1.807) is 0 Å². The molecule has 4 rings (SSSR count). The molecule has 0 amide bonds. The number of aliphatic imine (C=N–C) groups is 1. The number of rotatable bonds is 5. The van der Waals surface area contributed by atoms with Gasteiger partial charge in [0.25, 0.3) is 0 Å². The van der Waals surface area contributed by atoms with Crippen LogP contribution in [0.15, 0.2) is 17.1 Å². The third kappa shape index (κ3) is 5.32. The molecule has 1 aromatic carbocycles. The van der Waals surface area contributed by atoms with Gasteiger partial charge in [-0.15, -0.1) is 24.0 Å². The highest BCUT2D eigenvalue weighted by atomic mass is 127. The lowest BCUT2D eigenvalue weighted by atomic mass is 9.88. The van der Waals surface area contributed by atoms with Crippen molar-refractivity contribution in [1.29, 1.82) is 0 Å². The average Bonchev–Trinajstić information content (AvgIpc) is 3.53. The lowest BCUT2D eigenvalue weighted by Crippen LogP contribution is -2.49. The van der Waals surface area contributed by atoms with Crippen LogP contribution in [0, 0.1) is 0 Å². The number of phenolic OH excluding ortho intramolecular Hbond substituents is 1. The van der Waals surface area contributed by atoms with Crippen molar-refractivity contribution in [2.75, 3.05) is 19.6 Å². The van der Waals surface area contributed by atoms with Crippen LogP contribution in [0.3, 0.4) is 0 Å². The Morgan fingerprint density at radius 3 is 2.61 bits per heavy atom. The molecule has 1 aromatic rings. The molecule has 0 spiro atoms. The molecule has 0 aromatic heterocycles. The number of hydrogen-bond acceptors (Lipinski definition) is 3. The molecule has 3 aliphatic rings. The van der Waals surface area contributed by atoms with Gasteiger partial charge >= 0.3 is 0 Å². The minimum absolute atomic E-state index is 0. The zero-order valence-electron chi connectivity index (χ0n) is 17.0. The molecule has 1 heterocycles. The molecule has 2 aliphatic carbocycles. The number of benzene rings is 1. The van der Waals surface area contributed by atoms with E-state index in [0.717, 1.165) is 37.0 Å². The number of halogens is 1. The maximum absolute atomic E-state index is 10.4.